The number of benzene rings is 1. The highest BCUT2D eigenvalue weighted by atomic mass is 127. The molecule has 0 atom stereocenters. The lowest BCUT2D eigenvalue weighted by Crippen LogP contribution is -2.52. The van der Waals surface area contributed by atoms with Crippen LogP contribution in [0.4, 0.5) is 5.69 Å². The van der Waals surface area contributed by atoms with Crippen LogP contribution in [0.2, 0.25) is 0 Å². The molecule has 1 fully saturated rings. The van der Waals surface area contributed by atoms with Crippen molar-refractivity contribution in [1.29, 1.82) is 0 Å². The molecule has 0 bridgehead atoms. The fraction of sp³-hybridized carbons (Fsp3) is 0.412. The normalized spacial score (nSPS) is 15.3. The Bertz CT molecular complexity index is 743. The van der Waals surface area contributed by atoms with Crippen molar-refractivity contribution in [1.82, 2.24) is 20.3 Å². The van der Waals surface area contributed by atoms with Crippen LogP contribution in [0.1, 0.15) is 11.3 Å². The predicted molar refractivity (Wildman–Crippen MR) is 112 cm³/mol. The lowest BCUT2D eigenvalue weighted by atomic mass is 10.2. The number of halogens is 1. The third kappa shape index (κ3) is 5.89. The van der Waals surface area contributed by atoms with E-state index in [1.807, 2.05) is 6.07 Å². The van der Waals surface area contributed by atoms with Crippen LogP contribution in [0.25, 0.3) is 0 Å². The van der Waals surface area contributed by atoms with Crippen LogP contribution >= 0.6 is 24.0 Å². The van der Waals surface area contributed by atoms with Gasteiger partial charge in [0.25, 0.3) is 5.69 Å². The quantitative estimate of drug-likeness (QED) is 0.227. The fourth-order valence-electron chi connectivity index (χ4n) is 2.91. The highest BCUT2D eigenvalue weighted by Gasteiger charge is 2.20. The molecule has 3 rings (SSSR count). The van der Waals surface area contributed by atoms with Gasteiger partial charge >= 0.3 is 0 Å². The summed E-state index contributed by atoms with van der Waals surface area (Å²) in [5.41, 5.74) is 2.02. The average Bonchev–Trinajstić information content (AvgIpc) is 3.17. The molecular weight excluding hydrogens is 463 g/mol. The number of nitro groups is 1. The second-order valence-electron chi connectivity index (χ2n) is 6.08. The Morgan fingerprint density at radius 2 is 1.96 bits per heavy atom. The Balaban J connectivity index is 0.00000261. The SMILES string of the molecule is CN=C(NCc1ccc([N+](=O)[O-])cc1)N1CCN(Cc2ccon2)CC1.I. The van der Waals surface area contributed by atoms with Gasteiger partial charge in [0.15, 0.2) is 5.96 Å². The minimum absolute atomic E-state index is 0. The first kappa shape index (κ1) is 21.1. The maximum absolute atomic E-state index is 10.7. The van der Waals surface area contributed by atoms with E-state index < -0.39 is 4.92 Å². The number of aromatic nitrogens is 1. The van der Waals surface area contributed by atoms with Gasteiger partial charge in [0, 0.05) is 64.5 Å². The van der Waals surface area contributed by atoms with Gasteiger partial charge in [-0.1, -0.05) is 17.3 Å². The van der Waals surface area contributed by atoms with Gasteiger partial charge in [-0.2, -0.15) is 0 Å². The molecular formula is C17H23IN6O3. The molecule has 1 saturated heterocycles. The summed E-state index contributed by atoms with van der Waals surface area (Å²) in [6.45, 7) is 4.95. The molecule has 1 aromatic carbocycles. The molecule has 0 saturated carbocycles. The second kappa shape index (κ2) is 10.2. The molecule has 0 aliphatic carbocycles. The standard InChI is InChI=1S/C17H22N6O3.HI/c1-18-17(19-12-14-2-4-16(5-3-14)23(24)25)22-9-7-21(8-10-22)13-15-6-11-26-20-15;/h2-6,11H,7-10,12-13H2,1H3,(H,18,19);1H. The van der Waals surface area contributed by atoms with Crippen LogP contribution in [-0.2, 0) is 13.1 Å². The number of non-ortho nitro benzene ring substituents is 1. The highest BCUT2D eigenvalue weighted by Crippen LogP contribution is 2.12. The van der Waals surface area contributed by atoms with Gasteiger partial charge in [-0.3, -0.25) is 20.0 Å². The Labute approximate surface area is 174 Å². The zero-order chi connectivity index (χ0) is 18.4. The van der Waals surface area contributed by atoms with Crippen molar-refractivity contribution >= 4 is 35.6 Å². The van der Waals surface area contributed by atoms with Gasteiger partial charge in [0.05, 0.1) is 10.6 Å². The smallest absolute Gasteiger partial charge is 0.269 e. The average molecular weight is 486 g/mol. The number of piperazine rings is 1. The number of hydrogen-bond acceptors (Lipinski definition) is 6. The number of rotatable bonds is 5. The lowest BCUT2D eigenvalue weighted by Gasteiger charge is -2.36. The molecule has 146 valence electrons. The summed E-state index contributed by atoms with van der Waals surface area (Å²) in [6, 6.07) is 8.44. The van der Waals surface area contributed by atoms with E-state index in [-0.39, 0.29) is 29.7 Å². The number of hydrogen-bond donors (Lipinski definition) is 1. The molecule has 0 spiro atoms. The number of aliphatic imine (C=N–C) groups is 1. The van der Waals surface area contributed by atoms with Crippen molar-refractivity contribution in [3.63, 3.8) is 0 Å². The van der Waals surface area contributed by atoms with E-state index >= 15 is 0 Å². The Morgan fingerprint density at radius 1 is 1.26 bits per heavy atom. The molecule has 1 aromatic heterocycles. The first-order chi connectivity index (χ1) is 12.7. The molecule has 2 heterocycles. The molecule has 0 amide bonds. The largest absolute Gasteiger partial charge is 0.364 e. The summed E-state index contributed by atoms with van der Waals surface area (Å²) in [5.74, 6) is 0.837. The Morgan fingerprint density at radius 3 is 2.52 bits per heavy atom. The number of guanidine groups is 1. The van der Waals surface area contributed by atoms with E-state index in [9.17, 15) is 10.1 Å². The first-order valence-corrected chi connectivity index (χ1v) is 8.46. The third-order valence-electron chi connectivity index (χ3n) is 4.36. The molecule has 10 heteroatoms. The second-order valence-corrected chi connectivity index (χ2v) is 6.08. The maximum Gasteiger partial charge on any atom is 0.269 e. The Kier molecular flexibility index (Phi) is 7.98. The number of nitrogens with one attached hydrogen (secondary N) is 1. The van der Waals surface area contributed by atoms with E-state index in [1.165, 1.54) is 12.1 Å². The van der Waals surface area contributed by atoms with Crippen LogP contribution in [-0.4, -0.2) is 59.1 Å². The van der Waals surface area contributed by atoms with Crippen molar-refractivity contribution in [2.45, 2.75) is 13.1 Å². The van der Waals surface area contributed by atoms with Crippen molar-refractivity contribution in [3.05, 3.63) is 58.0 Å². The van der Waals surface area contributed by atoms with Gasteiger partial charge in [0.1, 0.15) is 6.26 Å². The molecule has 1 aliphatic rings. The molecule has 1 N–H and O–H groups in total. The van der Waals surface area contributed by atoms with Gasteiger partial charge in [0.2, 0.25) is 0 Å². The fourth-order valence-corrected chi connectivity index (χ4v) is 2.91. The summed E-state index contributed by atoms with van der Waals surface area (Å²) in [6.07, 6.45) is 1.59. The topological polar surface area (TPSA) is 100 Å². The molecule has 1 aliphatic heterocycles. The summed E-state index contributed by atoms with van der Waals surface area (Å²) in [7, 11) is 1.76. The summed E-state index contributed by atoms with van der Waals surface area (Å²) >= 11 is 0. The Hall–Kier alpha value is -2.21. The zero-order valence-electron chi connectivity index (χ0n) is 15.1. The lowest BCUT2D eigenvalue weighted by molar-refractivity contribution is -0.384. The van der Waals surface area contributed by atoms with Crippen LogP contribution in [0.15, 0.2) is 46.1 Å². The molecule has 2 aromatic rings. The van der Waals surface area contributed by atoms with Crippen molar-refractivity contribution in [2.75, 3.05) is 33.2 Å². The van der Waals surface area contributed by atoms with Gasteiger partial charge in [-0.05, 0) is 5.56 Å². The molecule has 9 nitrogen and oxygen atoms in total. The summed E-state index contributed by atoms with van der Waals surface area (Å²) in [5, 5.41) is 18.0. The monoisotopic (exact) mass is 486 g/mol. The zero-order valence-corrected chi connectivity index (χ0v) is 17.4. The van der Waals surface area contributed by atoms with Crippen LogP contribution in [0.3, 0.4) is 0 Å². The van der Waals surface area contributed by atoms with Crippen LogP contribution in [0, 0.1) is 10.1 Å². The van der Waals surface area contributed by atoms with Gasteiger partial charge in [-0.25, -0.2) is 0 Å². The van der Waals surface area contributed by atoms with E-state index in [0.717, 1.165) is 49.9 Å². The third-order valence-corrected chi connectivity index (χ3v) is 4.36. The highest BCUT2D eigenvalue weighted by molar-refractivity contribution is 14.0. The minimum atomic E-state index is -0.394. The van der Waals surface area contributed by atoms with E-state index in [2.05, 4.69) is 25.3 Å². The molecule has 0 radical (unpaired) electrons. The van der Waals surface area contributed by atoms with Crippen LogP contribution < -0.4 is 5.32 Å². The van der Waals surface area contributed by atoms with Crippen molar-refractivity contribution < 1.29 is 9.45 Å². The maximum atomic E-state index is 10.7. The van der Waals surface area contributed by atoms with Crippen LogP contribution in [0.5, 0.6) is 0 Å². The van der Waals surface area contributed by atoms with E-state index in [1.54, 1.807) is 25.4 Å². The molecule has 0 unspecified atom stereocenters. The van der Waals surface area contributed by atoms with Gasteiger partial charge in [-0.15, -0.1) is 24.0 Å². The van der Waals surface area contributed by atoms with Crippen molar-refractivity contribution in [2.24, 2.45) is 4.99 Å². The van der Waals surface area contributed by atoms with Crippen molar-refractivity contribution in [3.8, 4) is 0 Å². The number of nitro benzene ring substituents is 1. The predicted octanol–water partition coefficient (Wildman–Crippen LogP) is 2.09. The van der Waals surface area contributed by atoms with E-state index in [0.29, 0.717) is 6.54 Å². The number of nitrogens with zero attached hydrogens (tertiary/aromatic N) is 5. The van der Waals surface area contributed by atoms with Gasteiger partial charge < -0.3 is 14.7 Å². The molecule has 27 heavy (non-hydrogen) atoms. The summed E-state index contributed by atoms with van der Waals surface area (Å²) in [4.78, 5) is 19.2. The minimum Gasteiger partial charge on any atom is -0.364 e. The van der Waals surface area contributed by atoms with E-state index in [4.69, 9.17) is 4.52 Å². The first-order valence-electron chi connectivity index (χ1n) is 8.46. The summed E-state index contributed by atoms with van der Waals surface area (Å²) < 4.78 is 4.87.